The second-order valence-electron chi connectivity index (χ2n) is 4.45. The summed E-state index contributed by atoms with van der Waals surface area (Å²) in [4.78, 5) is 3.97. The number of rotatable bonds is 2. The molecular formula is C14H12BrF3N2. The summed E-state index contributed by atoms with van der Waals surface area (Å²) < 4.78 is 38.7. The molecule has 6 heteroatoms. The molecular weight excluding hydrogens is 333 g/mol. The molecule has 0 spiro atoms. The first kappa shape index (κ1) is 15.0. The highest BCUT2D eigenvalue weighted by Gasteiger charge is 2.33. The van der Waals surface area contributed by atoms with Crippen molar-refractivity contribution in [1.82, 2.24) is 4.98 Å². The SMILES string of the molecule is Cc1ccncc1C(N)c1ccc(Br)c(C(F)(F)F)c1. The third-order valence-electron chi connectivity index (χ3n) is 3.07. The molecule has 0 saturated heterocycles. The predicted molar refractivity (Wildman–Crippen MR) is 74.1 cm³/mol. The first-order chi connectivity index (χ1) is 9.30. The van der Waals surface area contributed by atoms with Gasteiger partial charge in [0.25, 0.3) is 0 Å². The summed E-state index contributed by atoms with van der Waals surface area (Å²) in [5.74, 6) is 0. The Morgan fingerprint density at radius 3 is 2.55 bits per heavy atom. The molecule has 2 N–H and O–H groups in total. The van der Waals surface area contributed by atoms with Crippen LogP contribution in [0.4, 0.5) is 13.2 Å². The normalized spacial score (nSPS) is 13.3. The van der Waals surface area contributed by atoms with Gasteiger partial charge in [0, 0.05) is 16.9 Å². The molecule has 0 radical (unpaired) electrons. The highest BCUT2D eigenvalue weighted by molar-refractivity contribution is 9.10. The summed E-state index contributed by atoms with van der Waals surface area (Å²) in [6.07, 6.45) is -1.22. The summed E-state index contributed by atoms with van der Waals surface area (Å²) in [5, 5.41) is 0. The van der Waals surface area contributed by atoms with Gasteiger partial charge in [0.05, 0.1) is 11.6 Å². The molecule has 1 aromatic carbocycles. The van der Waals surface area contributed by atoms with Gasteiger partial charge in [-0.3, -0.25) is 4.98 Å². The molecule has 0 fully saturated rings. The zero-order valence-electron chi connectivity index (χ0n) is 10.6. The number of aromatic nitrogens is 1. The molecule has 0 saturated carbocycles. The lowest BCUT2D eigenvalue weighted by atomic mass is 9.96. The smallest absolute Gasteiger partial charge is 0.320 e. The van der Waals surface area contributed by atoms with Gasteiger partial charge in [-0.05, 0) is 41.8 Å². The number of alkyl halides is 3. The topological polar surface area (TPSA) is 38.9 Å². The lowest BCUT2D eigenvalue weighted by Gasteiger charge is -2.17. The third-order valence-corrected chi connectivity index (χ3v) is 3.76. The van der Waals surface area contributed by atoms with Crippen LogP contribution < -0.4 is 5.73 Å². The van der Waals surface area contributed by atoms with Gasteiger partial charge >= 0.3 is 6.18 Å². The number of nitrogens with two attached hydrogens (primary N) is 1. The Morgan fingerprint density at radius 1 is 1.25 bits per heavy atom. The summed E-state index contributed by atoms with van der Waals surface area (Å²) >= 11 is 2.91. The molecule has 2 nitrogen and oxygen atoms in total. The van der Waals surface area contributed by atoms with Crippen molar-refractivity contribution in [2.75, 3.05) is 0 Å². The minimum Gasteiger partial charge on any atom is -0.320 e. The number of hydrogen-bond acceptors (Lipinski definition) is 2. The van der Waals surface area contributed by atoms with Crippen molar-refractivity contribution in [1.29, 1.82) is 0 Å². The minimum absolute atomic E-state index is 0.00357. The van der Waals surface area contributed by atoms with E-state index in [0.29, 0.717) is 11.1 Å². The number of aryl methyl sites for hydroxylation is 1. The maximum absolute atomic E-state index is 12.9. The van der Waals surface area contributed by atoms with E-state index in [4.69, 9.17) is 5.73 Å². The van der Waals surface area contributed by atoms with Gasteiger partial charge < -0.3 is 5.73 Å². The van der Waals surface area contributed by atoms with E-state index < -0.39 is 17.8 Å². The zero-order chi connectivity index (χ0) is 14.9. The molecule has 20 heavy (non-hydrogen) atoms. The predicted octanol–water partition coefficient (Wildman–Crippen LogP) is 4.22. The van der Waals surface area contributed by atoms with Crippen molar-refractivity contribution in [2.24, 2.45) is 5.73 Å². The summed E-state index contributed by atoms with van der Waals surface area (Å²) in [5.41, 5.74) is 7.33. The first-order valence-electron chi connectivity index (χ1n) is 5.83. The van der Waals surface area contributed by atoms with Crippen molar-refractivity contribution in [3.8, 4) is 0 Å². The minimum atomic E-state index is -4.42. The zero-order valence-corrected chi connectivity index (χ0v) is 12.2. The van der Waals surface area contributed by atoms with Crippen LogP contribution in [0.25, 0.3) is 0 Å². The molecule has 1 unspecified atom stereocenters. The third kappa shape index (κ3) is 3.02. The summed E-state index contributed by atoms with van der Waals surface area (Å²) in [6.45, 7) is 1.85. The number of halogens is 4. The fraction of sp³-hybridized carbons (Fsp3) is 0.214. The largest absolute Gasteiger partial charge is 0.417 e. The molecule has 2 rings (SSSR count). The van der Waals surface area contributed by atoms with Crippen LogP contribution in [0.1, 0.15) is 28.3 Å². The second kappa shape index (κ2) is 5.54. The van der Waals surface area contributed by atoms with E-state index in [1.807, 2.05) is 6.92 Å². The highest BCUT2D eigenvalue weighted by Crippen LogP contribution is 2.36. The maximum Gasteiger partial charge on any atom is 0.417 e. The fourth-order valence-electron chi connectivity index (χ4n) is 1.93. The first-order valence-corrected chi connectivity index (χ1v) is 6.62. The van der Waals surface area contributed by atoms with Crippen molar-refractivity contribution < 1.29 is 13.2 Å². The number of pyridine rings is 1. The Labute approximate surface area is 123 Å². The average Bonchev–Trinajstić information content (AvgIpc) is 2.37. The Hall–Kier alpha value is -1.40. The van der Waals surface area contributed by atoms with Crippen LogP contribution in [0, 0.1) is 6.92 Å². The fourth-order valence-corrected chi connectivity index (χ4v) is 2.41. The summed E-state index contributed by atoms with van der Waals surface area (Å²) in [6, 6.07) is 5.15. The van der Waals surface area contributed by atoms with E-state index in [1.165, 1.54) is 6.07 Å². The number of hydrogen-bond donors (Lipinski definition) is 1. The van der Waals surface area contributed by atoms with Gasteiger partial charge in [-0.25, -0.2) is 0 Å². The Bertz CT molecular complexity index is 626. The average molecular weight is 345 g/mol. The Balaban J connectivity index is 2.46. The van der Waals surface area contributed by atoms with Gasteiger partial charge in [0.2, 0.25) is 0 Å². The Morgan fingerprint density at radius 2 is 1.95 bits per heavy atom. The molecule has 0 aliphatic heterocycles. The van der Waals surface area contributed by atoms with E-state index in [9.17, 15) is 13.2 Å². The number of nitrogens with zero attached hydrogens (tertiary/aromatic N) is 1. The molecule has 1 atom stereocenters. The van der Waals surface area contributed by atoms with Gasteiger partial charge in [-0.15, -0.1) is 0 Å². The standard InChI is InChI=1S/C14H12BrF3N2/c1-8-4-5-20-7-10(8)13(19)9-2-3-12(15)11(6-9)14(16,17)18/h2-7,13H,19H2,1H3. The van der Waals surface area contributed by atoms with Gasteiger partial charge in [0.15, 0.2) is 0 Å². The van der Waals surface area contributed by atoms with Crippen LogP contribution in [0.15, 0.2) is 41.1 Å². The quantitative estimate of drug-likeness (QED) is 0.885. The number of benzene rings is 1. The van der Waals surface area contributed by atoms with Gasteiger partial charge in [-0.2, -0.15) is 13.2 Å². The molecule has 0 aliphatic rings. The van der Waals surface area contributed by atoms with E-state index >= 15 is 0 Å². The van der Waals surface area contributed by atoms with E-state index in [1.54, 1.807) is 24.5 Å². The molecule has 2 aromatic rings. The van der Waals surface area contributed by atoms with Crippen LogP contribution in [-0.4, -0.2) is 4.98 Å². The highest BCUT2D eigenvalue weighted by atomic mass is 79.9. The lowest BCUT2D eigenvalue weighted by molar-refractivity contribution is -0.138. The van der Waals surface area contributed by atoms with Crippen molar-refractivity contribution in [3.05, 3.63) is 63.4 Å². The maximum atomic E-state index is 12.9. The van der Waals surface area contributed by atoms with Crippen LogP contribution in [-0.2, 0) is 6.18 Å². The van der Waals surface area contributed by atoms with Crippen LogP contribution >= 0.6 is 15.9 Å². The van der Waals surface area contributed by atoms with E-state index in [0.717, 1.165) is 11.6 Å². The van der Waals surface area contributed by atoms with Crippen LogP contribution in [0.5, 0.6) is 0 Å². The molecule has 1 heterocycles. The van der Waals surface area contributed by atoms with Crippen LogP contribution in [0.2, 0.25) is 0 Å². The van der Waals surface area contributed by atoms with Crippen LogP contribution in [0.3, 0.4) is 0 Å². The van der Waals surface area contributed by atoms with E-state index in [-0.39, 0.29) is 4.47 Å². The van der Waals surface area contributed by atoms with Crippen molar-refractivity contribution in [3.63, 3.8) is 0 Å². The molecule has 106 valence electrons. The second-order valence-corrected chi connectivity index (χ2v) is 5.30. The lowest BCUT2D eigenvalue weighted by Crippen LogP contribution is -2.15. The molecule has 0 aliphatic carbocycles. The van der Waals surface area contributed by atoms with Gasteiger partial charge in [-0.1, -0.05) is 22.0 Å². The van der Waals surface area contributed by atoms with Crippen molar-refractivity contribution >= 4 is 15.9 Å². The molecule has 1 aromatic heterocycles. The van der Waals surface area contributed by atoms with E-state index in [2.05, 4.69) is 20.9 Å². The summed E-state index contributed by atoms with van der Waals surface area (Å²) in [7, 11) is 0. The molecule has 0 amide bonds. The van der Waals surface area contributed by atoms with Gasteiger partial charge in [0.1, 0.15) is 0 Å². The Kier molecular flexibility index (Phi) is 4.15. The van der Waals surface area contributed by atoms with Crippen molar-refractivity contribution in [2.45, 2.75) is 19.1 Å². The monoisotopic (exact) mass is 344 g/mol. The molecule has 0 bridgehead atoms.